The van der Waals surface area contributed by atoms with Crippen molar-refractivity contribution in [2.24, 2.45) is 5.73 Å². The Kier molecular flexibility index (Phi) is 4.33. The lowest BCUT2D eigenvalue weighted by atomic mass is 10.1. The van der Waals surface area contributed by atoms with E-state index in [0.29, 0.717) is 0 Å². The molecule has 2 amide bonds. The Morgan fingerprint density at radius 2 is 1.87 bits per heavy atom. The molecule has 0 aromatic heterocycles. The predicted octanol–water partition coefficient (Wildman–Crippen LogP) is 0.941. The number of nitrogens with one attached hydrogen (secondary N) is 1. The first-order valence-electron chi connectivity index (χ1n) is 4.61. The fraction of sp³-hybridized carbons (Fsp3) is 0.600. The summed E-state index contributed by atoms with van der Waals surface area (Å²) in [5, 5.41) is 2.46. The van der Waals surface area contributed by atoms with Crippen molar-refractivity contribution in [1.29, 1.82) is 0 Å². The molecule has 0 saturated carbocycles. The van der Waals surface area contributed by atoms with Crippen molar-refractivity contribution >= 4 is 12.0 Å². The van der Waals surface area contributed by atoms with Crippen LogP contribution >= 0.6 is 0 Å². The molecule has 0 aliphatic heterocycles. The van der Waals surface area contributed by atoms with Gasteiger partial charge in [0.1, 0.15) is 5.60 Å². The standard InChI is InChI=1S/C10H18N2O3/c1-6(8(11)13)7(2)12-9(14)15-10(3,4)5/h7H,1H2,2-5H3,(H2,11,13)(H,12,14)/t7-/m1/s1. The van der Waals surface area contributed by atoms with Crippen molar-refractivity contribution in [3.8, 4) is 0 Å². The molecule has 0 aromatic carbocycles. The smallest absolute Gasteiger partial charge is 0.408 e. The van der Waals surface area contributed by atoms with Crippen LogP contribution in [-0.2, 0) is 9.53 Å². The van der Waals surface area contributed by atoms with Gasteiger partial charge >= 0.3 is 6.09 Å². The Balaban J connectivity index is 4.20. The van der Waals surface area contributed by atoms with Gasteiger partial charge in [-0.3, -0.25) is 4.79 Å². The summed E-state index contributed by atoms with van der Waals surface area (Å²) in [6, 6.07) is -0.530. The number of carbonyl (C=O) groups excluding carboxylic acids is 2. The van der Waals surface area contributed by atoms with Crippen molar-refractivity contribution in [2.75, 3.05) is 0 Å². The molecule has 1 atom stereocenters. The summed E-state index contributed by atoms with van der Waals surface area (Å²) in [7, 11) is 0. The van der Waals surface area contributed by atoms with Crippen LogP contribution in [0.5, 0.6) is 0 Å². The Morgan fingerprint density at radius 1 is 1.40 bits per heavy atom. The van der Waals surface area contributed by atoms with E-state index in [1.54, 1.807) is 27.7 Å². The highest BCUT2D eigenvalue weighted by molar-refractivity contribution is 5.93. The maximum atomic E-state index is 11.3. The van der Waals surface area contributed by atoms with E-state index in [1.807, 2.05) is 0 Å². The number of amides is 2. The van der Waals surface area contributed by atoms with E-state index in [0.717, 1.165) is 0 Å². The lowest BCUT2D eigenvalue weighted by Crippen LogP contribution is -2.40. The highest BCUT2D eigenvalue weighted by atomic mass is 16.6. The average Bonchev–Trinajstić information content (AvgIpc) is 1.98. The summed E-state index contributed by atoms with van der Waals surface area (Å²) in [6.45, 7) is 10.3. The molecule has 0 spiro atoms. The number of primary amides is 1. The molecule has 3 N–H and O–H groups in total. The van der Waals surface area contributed by atoms with Crippen LogP contribution < -0.4 is 11.1 Å². The van der Waals surface area contributed by atoms with Crippen molar-refractivity contribution in [2.45, 2.75) is 39.3 Å². The maximum Gasteiger partial charge on any atom is 0.408 e. The summed E-state index contributed by atoms with van der Waals surface area (Å²) in [5.41, 5.74) is 4.58. The molecule has 0 rings (SSSR count). The molecule has 0 radical (unpaired) electrons. The van der Waals surface area contributed by atoms with Gasteiger partial charge in [-0.2, -0.15) is 0 Å². The molecular weight excluding hydrogens is 196 g/mol. The van der Waals surface area contributed by atoms with E-state index < -0.39 is 23.6 Å². The largest absolute Gasteiger partial charge is 0.444 e. The van der Waals surface area contributed by atoms with Gasteiger partial charge in [-0.15, -0.1) is 0 Å². The Labute approximate surface area is 89.7 Å². The van der Waals surface area contributed by atoms with E-state index in [2.05, 4.69) is 11.9 Å². The van der Waals surface area contributed by atoms with Gasteiger partial charge in [0.05, 0.1) is 6.04 Å². The monoisotopic (exact) mass is 214 g/mol. The molecule has 0 bridgehead atoms. The van der Waals surface area contributed by atoms with Crippen LogP contribution in [0.15, 0.2) is 12.2 Å². The van der Waals surface area contributed by atoms with E-state index in [1.165, 1.54) is 0 Å². The van der Waals surface area contributed by atoms with Gasteiger partial charge in [-0.25, -0.2) is 4.79 Å². The van der Waals surface area contributed by atoms with E-state index in [9.17, 15) is 9.59 Å². The average molecular weight is 214 g/mol. The number of carbonyl (C=O) groups is 2. The van der Waals surface area contributed by atoms with E-state index >= 15 is 0 Å². The number of hydrogen-bond acceptors (Lipinski definition) is 3. The molecule has 5 nitrogen and oxygen atoms in total. The molecule has 0 aliphatic carbocycles. The fourth-order valence-corrected chi connectivity index (χ4v) is 0.785. The first-order valence-corrected chi connectivity index (χ1v) is 4.61. The summed E-state index contributed by atoms with van der Waals surface area (Å²) >= 11 is 0. The second kappa shape index (κ2) is 4.82. The van der Waals surface area contributed by atoms with E-state index in [4.69, 9.17) is 10.5 Å². The van der Waals surface area contributed by atoms with E-state index in [-0.39, 0.29) is 5.57 Å². The third kappa shape index (κ3) is 5.72. The minimum Gasteiger partial charge on any atom is -0.444 e. The van der Waals surface area contributed by atoms with Crippen LogP contribution in [-0.4, -0.2) is 23.6 Å². The topological polar surface area (TPSA) is 81.4 Å². The van der Waals surface area contributed by atoms with Crippen LogP contribution in [0.2, 0.25) is 0 Å². The van der Waals surface area contributed by atoms with Gasteiger partial charge in [0, 0.05) is 5.57 Å². The highest BCUT2D eigenvalue weighted by Gasteiger charge is 2.19. The number of nitrogens with two attached hydrogens (primary N) is 1. The van der Waals surface area contributed by atoms with Gasteiger partial charge in [0.25, 0.3) is 0 Å². The quantitative estimate of drug-likeness (QED) is 0.686. The van der Waals surface area contributed by atoms with Crippen LogP contribution in [0, 0.1) is 0 Å². The Morgan fingerprint density at radius 3 is 2.20 bits per heavy atom. The van der Waals surface area contributed by atoms with Gasteiger partial charge < -0.3 is 15.8 Å². The van der Waals surface area contributed by atoms with Crippen LogP contribution in [0.3, 0.4) is 0 Å². The lowest BCUT2D eigenvalue weighted by molar-refractivity contribution is -0.114. The summed E-state index contributed by atoms with van der Waals surface area (Å²) in [5.74, 6) is -0.640. The zero-order valence-electron chi connectivity index (χ0n) is 9.59. The minimum absolute atomic E-state index is 0.140. The fourth-order valence-electron chi connectivity index (χ4n) is 0.785. The normalized spacial score (nSPS) is 12.8. The molecule has 0 saturated heterocycles. The van der Waals surface area contributed by atoms with Crippen molar-refractivity contribution < 1.29 is 14.3 Å². The Bertz CT molecular complexity index is 279. The first-order chi connectivity index (χ1) is 6.63. The molecule has 0 aromatic rings. The minimum atomic E-state index is -0.640. The van der Waals surface area contributed by atoms with Crippen LogP contribution in [0.25, 0.3) is 0 Å². The van der Waals surface area contributed by atoms with Crippen molar-refractivity contribution in [3.63, 3.8) is 0 Å². The van der Waals surface area contributed by atoms with Gasteiger partial charge in [0.2, 0.25) is 5.91 Å². The third-order valence-electron chi connectivity index (χ3n) is 1.57. The lowest BCUT2D eigenvalue weighted by Gasteiger charge is -2.22. The first kappa shape index (κ1) is 13.5. The number of alkyl carbamates (subject to hydrolysis) is 1. The molecule has 15 heavy (non-hydrogen) atoms. The summed E-state index contributed by atoms with van der Waals surface area (Å²) < 4.78 is 4.99. The molecule has 5 heteroatoms. The van der Waals surface area contributed by atoms with Crippen LogP contribution in [0.1, 0.15) is 27.7 Å². The second-order valence-corrected chi connectivity index (χ2v) is 4.26. The van der Waals surface area contributed by atoms with Crippen molar-refractivity contribution in [1.82, 2.24) is 5.32 Å². The number of rotatable bonds is 3. The molecule has 86 valence electrons. The summed E-state index contributed by atoms with van der Waals surface area (Å²) in [4.78, 5) is 22.0. The maximum absolute atomic E-state index is 11.3. The summed E-state index contributed by atoms with van der Waals surface area (Å²) in [6.07, 6.45) is -0.600. The number of ether oxygens (including phenoxy) is 1. The Hall–Kier alpha value is -1.52. The van der Waals surface area contributed by atoms with Gasteiger partial charge in [0.15, 0.2) is 0 Å². The molecule has 0 heterocycles. The van der Waals surface area contributed by atoms with Crippen LogP contribution in [0.4, 0.5) is 4.79 Å². The second-order valence-electron chi connectivity index (χ2n) is 4.26. The highest BCUT2D eigenvalue weighted by Crippen LogP contribution is 2.07. The molecule has 0 aliphatic rings. The molecule has 0 fully saturated rings. The molecular formula is C10H18N2O3. The van der Waals surface area contributed by atoms with Crippen molar-refractivity contribution in [3.05, 3.63) is 12.2 Å². The van der Waals surface area contributed by atoms with Gasteiger partial charge in [-0.1, -0.05) is 6.58 Å². The molecule has 0 unspecified atom stereocenters. The zero-order valence-corrected chi connectivity index (χ0v) is 9.59. The third-order valence-corrected chi connectivity index (χ3v) is 1.57. The zero-order chi connectivity index (χ0) is 12.2. The SMILES string of the molecule is C=C(C(N)=O)[C@@H](C)NC(=O)OC(C)(C)C. The van der Waals surface area contributed by atoms with Gasteiger partial charge in [-0.05, 0) is 27.7 Å². The number of hydrogen-bond donors (Lipinski definition) is 2. The predicted molar refractivity (Wildman–Crippen MR) is 57.2 cm³/mol.